The van der Waals surface area contributed by atoms with Gasteiger partial charge in [-0.05, 0) is 53.2 Å². The number of hydrogen-bond acceptors (Lipinski definition) is 3. The zero-order valence-electron chi connectivity index (χ0n) is 11.4. The summed E-state index contributed by atoms with van der Waals surface area (Å²) in [5.41, 5.74) is 8.49. The molecule has 0 bridgehead atoms. The normalized spacial score (nSPS) is 10.2. The summed E-state index contributed by atoms with van der Waals surface area (Å²) in [4.78, 5) is 11.9. The first-order valence-corrected chi connectivity index (χ1v) is 7.58. The zero-order valence-corrected chi connectivity index (χ0v) is 13.8. The monoisotopic (exact) mass is 367 g/mol. The van der Waals surface area contributed by atoms with Crippen molar-refractivity contribution in [2.24, 2.45) is 0 Å². The zero-order chi connectivity index (χ0) is 15.4. The number of nitrogens with one attached hydrogen (secondary N) is 2. The van der Waals surface area contributed by atoms with Gasteiger partial charge in [0.05, 0.1) is 26.6 Å². The van der Waals surface area contributed by atoms with E-state index in [-0.39, 0.29) is 5.91 Å². The van der Waals surface area contributed by atoms with Crippen LogP contribution in [0.1, 0.15) is 17.3 Å². The van der Waals surface area contributed by atoms with E-state index in [2.05, 4.69) is 26.6 Å². The molecule has 2 aromatic rings. The van der Waals surface area contributed by atoms with Gasteiger partial charge in [0.1, 0.15) is 0 Å². The lowest BCUT2D eigenvalue weighted by atomic mass is 10.1. The number of nitrogens with two attached hydrogens (primary N) is 1. The van der Waals surface area contributed by atoms with E-state index in [9.17, 15) is 4.79 Å². The molecule has 0 aromatic heterocycles. The third-order valence-corrected chi connectivity index (χ3v) is 4.27. The molecule has 110 valence electrons. The molecule has 0 heterocycles. The molecule has 4 nitrogen and oxygen atoms in total. The van der Waals surface area contributed by atoms with Crippen molar-refractivity contribution in [2.75, 3.05) is 17.6 Å². The Morgan fingerprint density at radius 1 is 1.29 bits per heavy atom. The molecular weight excluding hydrogens is 354 g/mol. The summed E-state index contributed by atoms with van der Waals surface area (Å²) in [5.74, 6) is -0.134. The van der Waals surface area contributed by atoms with Crippen LogP contribution in [-0.2, 0) is 0 Å². The van der Waals surface area contributed by atoms with Crippen molar-refractivity contribution in [3.63, 3.8) is 0 Å². The minimum absolute atomic E-state index is 0.134. The van der Waals surface area contributed by atoms with Gasteiger partial charge in [-0.1, -0.05) is 17.7 Å². The summed E-state index contributed by atoms with van der Waals surface area (Å²) in [5, 5.41) is 6.53. The van der Waals surface area contributed by atoms with Gasteiger partial charge in [0, 0.05) is 12.1 Å². The van der Waals surface area contributed by atoms with Gasteiger partial charge in [-0.15, -0.1) is 0 Å². The highest BCUT2D eigenvalue weighted by Crippen LogP contribution is 2.33. The molecule has 2 aromatic carbocycles. The van der Waals surface area contributed by atoms with Crippen molar-refractivity contribution >= 4 is 50.5 Å². The summed E-state index contributed by atoms with van der Waals surface area (Å²) in [6.07, 6.45) is 0. The van der Waals surface area contributed by atoms with Crippen molar-refractivity contribution in [1.82, 2.24) is 5.32 Å². The van der Waals surface area contributed by atoms with E-state index in [1.165, 1.54) is 0 Å². The summed E-state index contributed by atoms with van der Waals surface area (Å²) in [7, 11) is 0. The predicted molar refractivity (Wildman–Crippen MR) is 91.3 cm³/mol. The van der Waals surface area contributed by atoms with Crippen LogP contribution < -0.4 is 16.4 Å². The second kappa shape index (κ2) is 6.83. The molecule has 6 heteroatoms. The van der Waals surface area contributed by atoms with Gasteiger partial charge in [0.25, 0.3) is 5.91 Å². The molecule has 0 radical (unpaired) electrons. The van der Waals surface area contributed by atoms with Gasteiger partial charge in [-0.2, -0.15) is 0 Å². The number of anilines is 3. The molecule has 0 aliphatic carbocycles. The predicted octanol–water partition coefficient (Wildman–Crippen LogP) is 4.18. The first-order chi connectivity index (χ1) is 10.0. The topological polar surface area (TPSA) is 67.2 Å². The van der Waals surface area contributed by atoms with Crippen LogP contribution >= 0.6 is 27.5 Å². The highest BCUT2D eigenvalue weighted by atomic mass is 79.9. The number of benzene rings is 2. The number of hydrogen-bond donors (Lipinski definition) is 3. The standard InChI is InChI=1S/C15H15BrClN3O/c1-2-19-15(21)9-6-7-11(18)13(8-9)20-12-5-3-4-10(17)14(12)16/h3-8,20H,2,18H2,1H3,(H,19,21). The maximum absolute atomic E-state index is 11.9. The van der Waals surface area contributed by atoms with Crippen LogP contribution in [0.25, 0.3) is 0 Å². The Kier molecular flexibility index (Phi) is 5.09. The molecule has 0 fully saturated rings. The highest BCUT2D eigenvalue weighted by Gasteiger charge is 2.10. The second-order valence-electron chi connectivity index (χ2n) is 4.39. The average Bonchev–Trinajstić information content (AvgIpc) is 2.46. The third kappa shape index (κ3) is 3.68. The molecule has 2 rings (SSSR count). The number of carbonyl (C=O) groups excluding carboxylic acids is 1. The van der Waals surface area contributed by atoms with Crippen LogP contribution in [0.4, 0.5) is 17.1 Å². The first kappa shape index (κ1) is 15.7. The van der Waals surface area contributed by atoms with Gasteiger partial charge in [0.15, 0.2) is 0 Å². The molecule has 0 saturated carbocycles. The Hall–Kier alpha value is -1.72. The van der Waals surface area contributed by atoms with Crippen LogP contribution in [0.15, 0.2) is 40.9 Å². The van der Waals surface area contributed by atoms with E-state index >= 15 is 0 Å². The van der Waals surface area contributed by atoms with Crippen molar-refractivity contribution in [1.29, 1.82) is 0 Å². The first-order valence-electron chi connectivity index (χ1n) is 6.41. The van der Waals surface area contributed by atoms with Crippen LogP contribution in [0.2, 0.25) is 5.02 Å². The summed E-state index contributed by atoms with van der Waals surface area (Å²) in [6.45, 7) is 2.45. The number of carbonyl (C=O) groups is 1. The second-order valence-corrected chi connectivity index (χ2v) is 5.59. The maximum atomic E-state index is 11.9. The molecule has 0 aliphatic heterocycles. The highest BCUT2D eigenvalue weighted by molar-refractivity contribution is 9.10. The van der Waals surface area contributed by atoms with Gasteiger partial charge in [0.2, 0.25) is 0 Å². The lowest BCUT2D eigenvalue weighted by molar-refractivity contribution is 0.0956. The minimum Gasteiger partial charge on any atom is -0.397 e. The van der Waals surface area contributed by atoms with E-state index in [0.717, 1.165) is 10.2 Å². The van der Waals surface area contributed by atoms with Crippen molar-refractivity contribution in [2.45, 2.75) is 6.92 Å². The molecule has 0 aliphatic rings. The van der Waals surface area contributed by atoms with E-state index < -0.39 is 0 Å². The molecule has 1 amide bonds. The number of amides is 1. The largest absolute Gasteiger partial charge is 0.397 e. The Morgan fingerprint density at radius 2 is 2.05 bits per heavy atom. The summed E-state index contributed by atoms with van der Waals surface area (Å²) >= 11 is 9.48. The molecule has 0 saturated heterocycles. The summed E-state index contributed by atoms with van der Waals surface area (Å²) < 4.78 is 0.745. The van der Waals surface area contributed by atoms with E-state index in [4.69, 9.17) is 17.3 Å². The summed E-state index contributed by atoms with van der Waals surface area (Å²) in [6, 6.07) is 10.6. The quantitative estimate of drug-likeness (QED) is 0.709. The molecular formula is C15H15BrClN3O. The molecule has 21 heavy (non-hydrogen) atoms. The van der Waals surface area contributed by atoms with E-state index in [1.54, 1.807) is 24.3 Å². The van der Waals surface area contributed by atoms with E-state index in [0.29, 0.717) is 28.5 Å². The van der Waals surface area contributed by atoms with Crippen molar-refractivity contribution < 1.29 is 4.79 Å². The van der Waals surface area contributed by atoms with Crippen LogP contribution in [0.5, 0.6) is 0 Å². The van der Waals surface area contributed by atoms with Crippen LogP contribution in [0.3, 0.4) is 0 Å². The van der Waals surface area contributed by atoms with Crippen molar-refractivity contribution in [3.05, 3.63) is 51.5 Å². The third-order valence-electron chi connectivity index (χ3n) is 2.87. The fourth-order valence-electron chi connectivity index (χ4n) is 1.81. The molecule has 0 unspecified atom stereocenters. The van der Waals surface area contributed by atoms with Crippen LogP contribution in [0, 0.1) is 0 Å². The van der Waals surface area contributed by atoms with E-state index in [1.807, 2.05) is 19.1 Å². The molecule has 0 atom stereocenters. The Morgan fingerprint density at radius 3 is 2.76 bits per heavy atom. The maximum Gasteiger partial charge on any atom is 0.251 e. The lowest BCUT2D eigenvalue weighted by Crippen LogP contribution is -2.22. The van der Waals surface area contributed by atoms with Gasteiger partial charge in [-0.25, -0.2) is 0 Å². The minimum atomic E-state index is -0.134. The lowest BCUT2D eigenvalue weighted by Gasteiger charge is -2.13. The van der Waals surface area contributed by atoms with Gasteiger partial charge in [-0.3, -0.25) is 4.79 Å². The van der Waals surface area contributed by atoms with Crippen LogP contribution in [-0.4, -0.2) is 12.5 Å². The number of rotatable bonds is 4. The SMILES string of the molecule is CCNC(=O)c1ccc(N)c(Nc2cccc(Cl)c2Br)c1. The Bertz CT molecular complexity index is 676. The fourth-order valence-corrected chi connectivity index (χ4v) is 2.35. The van der Waals surface area contributed by atoms with Gasteiger partial charge < -0.3 is 16.4 Å². The Labute approximate surface area is 136 Å². The smallest absolute Gasteiger partial charge is 0.251 e. The molecule has 4 N–H and O–H groups in total. The van der Waals surface area contributed by atoms with Crippen molar-refractivity contribution in [3.8, 4) is 0 Å². The fraction of sp³-hybridized carbons (Fsp3) is 0.133. The van der Waals surface area contributed by atoms with Gasteiger partial charge >= 0.3 is 0 Å². The number of halogens is 2. The Balaban J connectivity index is 2.33. The molecule has 0 spiro atoms. The average molecular weight is 369 g/mol. The number of nitrogen functional groups attached to an aromatic ring is 1.